The average molecular weight is 343 g/mol. The molecule has 0 atom stereocenters. The van der Waals surface area contributed by atoms with Crippen LogP contribution in [0.25, 0.3) is 17.0 Å². The standard InChI is InChI=1S/C16H17N5O4/c1-4-20-12(6-7-17-20)11-8-13(16(23)24-3)21-14(19-11)10(9-18-21)15(22)25-5-2/h6-9H,4-5H2,1-3H3. The van der Waals surface area contributed by atoms with Crippen molar-refractivity contribution in [1.82, 2.24) is 24.4 Å². The molecular weight excluding hydrogens is 326 g/mol. The lowest BCUT2D eigenvalue weighted by molar-refractivity contribution is 0.0526. The second kappa shape index (κ2) is 6.71. The summed E-state index contributed by atoms with van der Waals surface area (Å²) in [5.74, 6) is -1.14. The van der Waals surface area contributed by atoms with E-state index >= 15 is 0 Å². The van der Waals surface area contributed by atoms with Crippen molar-refractivity contribution in [1.29, 1.82) is 0 Å². The van der Waals surface area contributed by atoms with Gasteiger partial charge in [-0.25, -0.2) is 19.1 Å². The fourth-order valence-corrected chi connectivity index (χ4v) is 2.50. The van der Waals surface area contributed by atoms with Gasteiger partial charge in [-0.1, -0.05) is 0 Å². The number of hydrogen-bond acceptors (Lipinski definition) is 7. The molecule has 0 aromatic carbocycles. The zero-order chi connectivity index (χ0) is 18.0. The summed E-state index contributed by atoms with van der Waals surface area (Å²) in [6.07, 6.45) is 2.97. The van der Waals surface area contributed by atoms with E-state index in [2.05, 4.69) is 15.2 Å². The van der Waals surface area contributed by atoms with E-state index in [1.165, 1.54) is 17.8 Å². The summed E-state index contributed by atoms with van der Waals surface area (Å²) < 4.78 is 12.9. The predicted molar refractivity (Wildman–Crippen MR) is 87.2 cm³/mol. The van der Waals surface area contributed by atoms with E-state index in [0.717, 1.165) is 0 Å². The number of rotatable bonds is 5. The van der Waals surface area contributed by atoms with E-state index in [1.807, 2.05) is 6.92 Å². The molecule has 0 amide bonds. The Morgan fingerprint density at radius 2 is 2.00 bits per heavy atom. The van der Waals surface area contributed by atoms with E-state index in [0.29, 0.717) is 17.9 Å². The third kappa shape index (κ3) is 2.84. The molecule has 9 heteroatoms. The van der Waals surface area contributed by atoms with Crippen LogP contribution in [-0.4, -0.2) is 50.0 Å². The minimum Gasteiger partial charge on any atom is -0.464 e. The van der Waals surface area contributed by atoms with Gasteiger partial charge in [-0.2, -0.15) is 10.2 Å². The first-order valence-electron chi connectivity index (χ1n) is 7.77. The van der Waals surface area contributed by atoms with Crippen LogP contribution in [0.3, 0.4) is 0 Å². The van der Waals surface area contributed by atoms with Crippen LogP contribution in [0.2, 0.25) is 0 Å². The first kappa shape index (κ1) is 16.6. The van der Waals surface area contributed by atoms with Gasteiger partial charge >= 0.3 is 11.9 Å². The minimum absolute atomic E-state index is 0.155. The molecule has 25 heavy (non-hydrogen) atoms. The Hall–Kier alpha value is -3.23. The van der Waals surface area contributed by atoms with Crippen molar-refractivity contribution >= 4 is 17.6 Å². The van der Waals surface area contributed by atoms with Crippen LogP contribution in [0.15, 0.2) is 24.5 Å². The number of fused-ring (bicyclic) bond motifs is 1. The van der Waals surface area contributed by atoms with Crippen molar-refractivity contribution in [2.45, 2.75) is 20.4 Å². The highest BCUT2D eigenvalue weighted by molar-refractivity contribution is 5.97. The number of carbonyl (C=O) groups is 2. The van der Waals surface area contributed by atoms with Gasteiger partial charge in [-0.3, -0.25) is 4.68 Å². The summed E-state index contributed by atoms with van der Waals surface area (Å²) >= 11 is 0. The van der Waals surface area contributed by atoms with Gasteiger partial charge in [-0.15, -0.1) is 0 Å². The Kier molecular flexibility index (Phi) is 4.46. The predicted octanol–water partition coefficient (Wildman–Crippen LogP) is 1.58. The fraction of sp³-hybridized carbons (Fsp3) is 0.312. The van der Waals surface area contributed by atoms with Gasteiger partial charge < -0.3 is 9.47 Å². The average Bonchev–Trinajstić information content (AvgIpc) is 3.26. The molecule has 130 valence electrons. The number of aryl methyl sites for hydroxylation is 1. The van der Waals surface area contributed by atoms with Crippen molar-refractivity contribution in [3.05, 3.63) is 35.8 Å². The molecule has 0 bridgehead atoms. The fourth-order valence-electron chi connectivity index (χ4n) is 2.50. The van der Waals surface area contributed by atoms with Crippen molar-refractivity contribution in [3.63, 3.8) is 0 Å². The molecule has 0 radical (unpaired) electrons. The summed E-state index contributed by atoms with van der Waals surface area (Å²) in [6, 6.07) is 3.34. The number of ether oxygens (including phenoxy) is 2. The topological polar surface area (TPSA) is 101 Å². The van der Waals surface area contributed by atoms with E-state index in [4.69, 9.17) is 9.47 Å². The molecule has 0 saturated heterocycles. The maximum Gasteiger partial charge on any atom is 0.356 e. The lowest BCUT2D eigenvalue weighted by atomic mass is 10.2. The third-order valence-electron chi connectivity index (χ3n) is 3.64. The van der Waals surface area contributed by atoms with Gasteiger partial charge in [0.05, 0.1) is 31.3 Å². The Morgan fingerprint density at radius 3 is 2.68 bits per heavy atom. The van der Waals surface area contributed by atoms with Crippen LogP contribution in [-0.2, 0) is 16.0 Å². The molecule has 0 aliphatic rings. The van der Waals surface area contributed by atoms with Gasteiger partial charge in [0.2, 0.25) is 0 Å². The number of esters is 2. The first-order valence-corrected chi connectivity index (χ1v) is 7.77. The number of nitrogens with zero attached hydrogens (tertiary/aromatic N) is 5. The second-order valence-corrected chi connectivity index (χ2v) is 5.06. The highest BCUT2D eigenvalue weighted by Gasteiger charge is 2.22. The third-order valence-corrected chi connectivity index (χ3v) is 3.64. The monoisotopic (exact) mass is 343 g/mol. The summed E-state index contributed by atoms with van der Waals surface area (Å²) in [5.41, 5.74) is 1.75. The van der Waals surface area contributed by atoms with Crippen LogP contribution in [0.1, 0.15) is 34.7 Å². The van der Waals surface area contributed by atoms with Crippen molar-refractivity contribution in [2.24, 2.45) is 0 Å². The Balaban J connectivity index is 2.26. The van der Waals surface area contributed by atoms with E-state index in [-0.39, 0.29) is 23.5 Å². The van der Waals surface area contributed by atoms with Crippen LogP contribution in [0.5, 0.6) is 0 Å². The van der Waals surface area contributed by atoms with Crippen LogP contribution in [0, 0.1) is 0 Å². The Bertz CT molecular complexity index is 943. The first-order chi connectivity index (χ1) is 12.1. The summed E-state index contributed by atoms with van der Waals surface area (Å²) in [5, 5.41) is 8.29. The van der Waals surface area contributed by atoms with E-state index in [1.54, 1.807) is 29.9 Å². The molecule has 0 aliphatic carbocycles. The maximum atomic E-state index is 12.2. The summed E-state index contributed by atoms with van der Waals surface area (Å²) in [7, 11) is 1.28. The molecule has 3 aromatic heterocycles. The van der Waals surface area contributed by atoms with E-state index < -0.39 is 11.9 Å². The molecule has 3 aromatic rings. The molecule has 9 nitrogen and oxygen atoms in total. The second-order valence-electron chi connectivity index (χ2n) is 5.06. The highest BCUT2D eigenvalue weighted by atomic mass is 16.5. The zero-order valence-corrected chi connectivity index (χ0v) is 14.1. The molecular formula is C16H17N5O4. The minimum atomic E-state index is -0.588. The van der Waals surface area contributed by atoms with Gasteiger partial charge in [0.15, 0.2) is 11.3 Å². The van der Waals surface area contributed by atoms with Gasteiger partial charge in [0, 0.05) is 12.7 Å². The van der Waals surface area contributed by atoms with Crippen LogP contribution >= 0.6 is 0 Å². The molecule has 3 heterocycles. The summed E-state index contributed by atoms with van der Waals surface area (Å²) in [4.78, 5) is 28.8. The lowest BCUT2D eigenvalue weighted by Gasteiger charge is -2.08. The maximum absolute atomic E-state index is 12.2. The van der Waals surface area contributed by atoms with Crippen LogP contribution < -0.4 is 0 Å². The molecule has 0 aliphatic heterocycles. The summed E-state index contributed by atoms with van der Waals surface area (Å²) in [6.45, 7) is 4.51. The van der Waals surface area contributed by atoms with E-state index in [9.17, 15) is 9.59 Å². The SMILES string of the molecule is CCOC(=O)c1cnn2c(C(=O)OC)cc(-c3ccnn3CC)nc12. The smallest absolute Gasteiger partial charge is 0.356 e. The lowest BCUT2D eigenvalue weighted by Crippen LogP contribution is -2.12. The zero-order valence-electron chi connectivity index (χ0n) is 14.1. The number of methoxy groups -OCH3 is 1. The Labute approximate surface area is 143 Å². The molecule has 3 rings (SSSR count). The van der Waals surface area contributed by atoms with Gasteiger partial charge in [0.25, 0.3) is 0 Å². The van der Waals surface area contributed by atoms with Gasteiger partial charge in [0.1, 0.15) is 5.56 Å². The molecule has 0 fully saturated rings. The molecule has 0 saturated carbocycles. The van der Waals surface area contributed by atoms with Crippen molar-refractivity contribution in [3.8, 4) is 11.4 Å². The number of aromatic nitrogens is 5. The quantitative estimate of drug-likeness (QED) is 0.648. The number of carbonyl (C=O) groups excluding carboxylic acids is 2. The molecule has 0 unspecified atom stereocenters. The van der Waals surface area contributed by atoms with Crippen molar-refractivity contribution < 1.29 is 19.1 Å². The Morgan fingerprint density at radius 1 is 1.20 bits per heavy atom. The number of hydrogen-bond donors (Lipinski definition) is 0. The highest BCUT2D eigenvalue weighted by Crippen LogP contribution is 2.22. The largest absolute Gasteiger partial charge is 0.464 e. The van der Waals surface area contributed by atoms with Crippen LogP contribution in [0.4, 0.5) is 0 Å². The van der Waals surface area contributed by atoms with Gasteiger partial charge in [-0.05, 0) is 26.0 Å². The van der Waals surface area contributed by atoms with Crippen molar-refractivity contribution in [2.75, 3.05) is 13.7 Å². The molecule has 0 spiro atoms. The normalized spacial score (nSPS) is 10.8. The molecule has 0 N–H and O–H groups in total.